The van der Waals surface area contributed by atoms with Crippen LogP contribution >= 0.6 is 23.5 Å². The summed E-state index contributed by atoms with van der Waals surface area (Å²) in [6.45, 7) is 3.19. The van der Waals surface area contributed by atoms with E-state index in [-0.39, 0.29) is 12.3 Å². The third-order valence-corrected chi connectivity index (χ3v) is 5.63. The van der Waals surface area contributed by atoms with Crippen molar-refractivity contribution >= 4 is 47.2 Å². The molecule has 4 atom stereocenters. The van der Waals surface area contributed by atoms with Crippen molar-refractivity contribution in [3.8, 4) is 0 Å². The van der Waals surface area contributed by atoms with E-state index in [0.717, 1.165) is 0 Å². The highest BCUT2D eigenvalue weighted by Gasteiger charge is 2.30. The van der Waals surface area contributed by atoms with Crippen molar-refractivity contribution < 1.29 is 29.4 Å². The third-order valence-electron chi connectivity index (χ3n) is 4.34. The minimum absolute atomic E-state index is 0.0487. The molecule has 31 heavy (non-hydrogen) atoms. The van der Waals surface area contributed by atoms with Crippen LogP contribution in [0.4, 0.5) is 0 Å². The van der Waals surface area contributed by atoms with Gasteiger partial charge in [-0.15, -0.1) is 0 Å². The van der Waals surface area contributed by atoms with Crippen molar-refractivity contribution in [1.29, 1.82) is 0 Å². The summed E-state index contributed by atoms with van der Waals surface area (Å²) in [5.41, 5.74) is 5.51. The second-order valence-electron chi connectivity index (χ2n) is 7.50. The number of aliphatic carboxylic acids is 1. The maximum atomic E-state index is 12.8. The molecule has 0 heterocycles. The third kappa shape index (κ3) is 12.2. The van der Waals surface area contributed by atoms with E-state index in [9.17, 15) is 24.3 Å². The molecule has 0 spiro atoms. The average molecular weight is 481 g/mol. The Hall–Kier alpha value is -1.50. The largest absolute Gasteiger partial charge is 0.480 e. The molecule has 0 fully saturated rings. The maximum Gasteiger partial charge on any atom is 0.326 e. The van der Waals surface area contributed by atoms with Gasteiger partial charge in [-0.05, 0) is 49.2 Å². The number of hydrogen-bond donors (Lipinski definition) is 6. The number of aliphatic hydroxyl groups is 1. The lowest BCUT2D eigenvalue weighted by Crippen LogP contribution is -2.57. The zero-order chi connectivity index (χ0) is 24.0. The normalized spacial score (nSPS) is 14.9. The van der Waals surface area contributed by atoms with E-state index in [1.54, 1.807) is 0 Å². The number of aliphatic hydroxyl groups excluding tert-OH is 1. The van der Waals surface area contributed by atoms with Crippen LogP contribution < -0.4 is 21.7 Å². The van der Waals surface area contributed by atoms with E-state index in [4.69, 9.17) is 10.8 Å². The molecule has 0 aromatic heterocycles. The zero-order valence-corrected chi connectivity index (χ0v) is 20.2. The van der Waals surface area contributed by atoms with Crippen molar-refractivity contribution in [2.75, 3.05) is 30.6 Å². The van der Waals surface area contributed by atoms with Crippen molar-refractivity contribution in [3.63, 3.8) is 0 Å². The van der Waals surface area contributed by atoms with Gasteiger partial charge in [-0.25, -0.2) is 4.79 Å². The lowest BCUT2D eigenvalue weighted by atomic mass is 10.0. The molecule has 0 saturated carbocycles. The zero-order valence-electron chi connectivity index (χ0n) is 18.6. The first-order valence-electron chi connectivity index (χ1n) is 10.1. The van der Waals surface area contributed by atoms with E-state index in [1.165, 1.54) is 23.5 Å². The van der Waals surface area contributed by atoms with Gasteiger partial charge in [-0.3, -0.25) is 14.4 Å². The van der Waals surface area contributed by atoms with Gasteiger partial charge in [-0.2, -0.15) is 23.5 Å². The summed E-state index contributed by atoms with van der Waals surface area (Å²) < 4.78 is 0. The topological polar surface area (TPSA) is 171 Å². The van der Waals surface area contributed by atoms with Crippen LogP contribution in [0.2, 0.25) is 0 Å². The molecule has 0 rings (SSSR count). The van der Waals surface area contributed by atoms with Crippen LogP contribution in [0.1, 0.15) is 33.1 Å². The summed E-state index contributed by atoms with van der Waals surface area (Å²) in [5, 5.41) is 26.1. The SMILES string of the molecule is CSCCC(NC(=O)C(CC(C)C)NC(=O)C(CCSC)NC(=O)C(N)CO)C(=O)O. The minimum atomic E-state index is -1.16. The van der Waals surface area contributed by atoms with E-state index in [0.29, 0.717) is 24.3 Å². The Bertz CT molecular complexity index is 594. The number of carboxylic acid groups (broad SMARTS) is 1. The van der Waals surface area contributed by atoms with E-state index in [1.807, 2.05) is 26.4 Å². The Kier molecular flexibility index (Phi) is 15.4. The van der Waals surface area contributed by atoms with Crippen LogP contribution in [0.3, 0.4) is 0 Å². The Morgan fingerprint density at radius 3 is 1.74 bits per heavy atom. The van der Waals surface area contributed by atoms with Gasteiger partial charge in [0.1, 0.15) is 24.2 Å². The monoisotopic (exact) mass is 480 g/mol. The van der Waals surface area contributed by atoms with E-state index in [2.05, 4.69) is 16.0 Å². The highest BCUT2D eigenvalue weighted by atomic mass is 32.2. The van der Waals surface area contributed by atoms with Crippen molar-refractivity contribution in [2.24, 2.45) is 11.7 Å². The first kappa shape index (κ1) is 29.5. The molecule has 0 radical (unpaired) electrons. The van der Waals surface area contributed by atoms with Crippen LogP contribution in [-0.2, 0) is 19.2 Å². The molecule has 0 aromatic rings. The van der Waals surface area contributed by atoms with Crippen LogP contribution in [-0.4, -0.2) is 88.7 Å². The number of hydrogen-bond acceptors (Lipinski definition) is 8. The Balaban J connectivity index is 5.36. The fourth-order valence-corrected chi connectivity index (χ4v) is 3.55. The number of carbonyl (C=O) groups excluding carboxylic acids is 3. The van der Waals surface area contributed by atoms with E-state index < -0.39 is 54.5 Å². The average Bonchev–Trinajstić information content (AvgIpc) is 2.71. The van der Waals surface area contributed by atoms with Crippen LogP contribution in [0.15, 0.2) is 0 Å². The van der Waals surface area contributed by atoms with Gasteiger partial charge in [0.05, 0.1) is 6.61 Å². The molecule has 0 bridgehead atoms. The molecule has 0 aliphatic carbocycles. The second-order valence-corrected chi connectivity index (χ2v) is 9.47. The Labute approximate surface area is 192 Å². The summed E-state index contributed by atoms with van der Waals surface area (Å²) in [6, 6.07) is -4.11. The summed E-state index contributed by atoms with van der Waals surface area (Å²) in [4.78, 5) is 49.1. The highest BCUT2D eigenvalue weighted by Crippen LogP contribution is 2.09. The van der Waals surface area contributed by atoms with Crippen molar-refractivity contribution in [3.05, 3.63) is 0 Å². The number of carboxylic acids is 1. The van der Waals surface area contributed by atoms with Gasteiger partial charge in [0.2, 0.25) is 17.7 Å². The number of nitrogens with one attached hydrogen (secondary N) is 3. The predicted molar refractivity (Wildman–Crippen MR) is 124 cm³/mol. The van der Waals surface area contributed by atoms with Crippen LogP contribution in [0.25, 0.3) is 0 Å². The number of carbonyl (C=O) groups is 4. The van der Waals surface area contributed by atoms with Gasteiger partial charge in [0, 0.05) is 0 Å². The molecule has 7 N–H and O–H groups in total. The quantitative estimate of drug-likeness (QED) is 0.169. The standard InChI is InChI=1S/C19H36N4O6S2/c1-11(2)9-15(18(27)22-14(19(28)29)6-8-31-4)23-17(26)13(5-7-30-3)21-16(25)12(20)10-24/h11-15,24H,5-10,20H2,1-4H3,(H,21,25)(H,22,27)(H,23,26)(H,28,29). The molecule has 10 nitrogen and oxygen atoms in total. The molecule has 0 saturated heterocycles. The van der Waals surface area contributed by atoms with Crippen LogP contribution in [0, 0.1) is 5.92 Å². The summed E-state index contributed by atoms with van der Waals surface area (Å²) >= 11 is 2.96. The first-order valence-corrected chi connectivity index (χ1v) is 12.8. The lowest BCUT2D eigenvalue weighted by Gasteiger charge is -2.26. The molecular formula is C19H36N4O6S2. The molecule has 180 valence electrons. The number of nitrogens with two attached hydrogens (primary N) is 1. The molecule has 12 heteroatoms. The fraction of sp³-hybridized carbons (Fsp3) is 0.789. The molecular weight excluding hydrogens is 444 g/mol. The summed E-state index contributed by atoms with van der Waals surface area (Å²) in [5.74, 6) is -1.78. The Morgan fingerprint density at radius 2 is 1.29 bits per heavy atom. The molecule has 4 unspecified atom stereocenters. The maximum absolute atomic E-state index is 12.8. The van der Waals surface area contributed by atoms with Crippen molar-refractivity contribution in [2.45, 2.75) is 57.3 Å². The number of rotatable bonds is 16. The molecule has 0 aromatic carbocycles. The highest BCUT2D eigenvalue weighted by molar-refractivity contribution is 7.98. The van der Waals surface area contributed by atoms with Gasteiger partial charge < -0.3 is 31.9 Å². The summed E-state index contributed by atoms with van der Waals surface area (Å²) in [6.07, 6.45) is 4.56. The Morgan fingerprint density at radius 1 is 0.839 bits per heavy atom. The lowest BCUT2D eigenvalue weighted by molar-refractivity contribution is -0.142. The number of thioether (sulfide) groups is 2. The fourth-order valence-electron chi connectivity index (χ4n) is 2.61. The minimum Gasteiger partial charge on any atom is -0.480 e. The van der Waals surface area contributed by atoms with Gasteiger partial charge in [0.25, 0.3) is 0 Å². The van der Waals surface area contributed by atoms with Crippen LogP contribution in [0.5, 0.6) is 0 Å². The first-order chi connectivity index (χ1) is 14.6. The molecule has 0 aliphatic heterocycles. The predicted octanol–water partition coefficient (Wildman–Crippen LogP) is -0.603. The van der Waals surface area contributed by atoms with Crippen molar-refractivity contribution in [1.82, 2.24) is 16.0 Å². The second kappa shape index (κ2) is 16.2. The van der Waals surface area contributed by atoms with Gasteiger partial charge in [0.15, 0.2) is 0 Å². The smallest absolute Gasteiger partial charge is 0.326 e. The number of amides is 3. The van der Waals surface area contributed by atoms with E-state index >= 15 is 0 Å². The van der Waals surface area contributed by atoms with Gasteiger partial charge >= 0.3 is 5.97 Å². The van der Waals surface area contributed by atoms with Gasteiger partial charge in [-0.1, -0.05) is 13.8 Å². The molecule has 0 aliphatic rings. The summed E-state index contributed by atoms with van der Waals surface area (Å²) in [7, 11) is 0. The molecule has 3 amide bonds.